The molecule has 0 atom stereocenters. The number of aryl methyl sites for hydroxylation is 1. The van der Waals surface area contributed by atoms with Crippen molar-refractivity contribution in [1.82, 2.24) is 14.7 Å². The van der Waals surface area contributed by atoms with Crippen molar-refractivity contribution in [3.63, 3.8) is 0 Å². The zero-order chi connectivity index (χ0) is 24.9. The van der Waals surface area contributed by atoms with E-state index in [1.54, 1.807) is 18.2 Å². The second kappa shape index (κ2) is 11.0. The molecule has 4 aromatic rings. The summed E-state index contributed by atoms with van der Waals surface area (Å²) in [6, 6.07) is 15.7. The monoisotopic (exact) mass is 528 g/mol. The molecule has 0 bridgehead atoms. The smallest absolute Gasteiger partial charge is 0.270 e. The fraction of sp³-hybridized carbons (Fsp3) is 0.200. The van der Waals surface area contributed by atoms with Crippen LogP contribution in [0, 0.1) is 0 Å². The van der Waals surface area contributed by atoms with Gasteiger partial charge in [-0.15, -0.1) is 0 Å². The molecule has 4 rings (SSSR count). The highest BCUT2D eigenvalue weighted by molar-refractivity contribution is 7.19. The van der Waals surface area contributed by atoms with Crippen molar-refractivity contribution in [2.45, 2.75) is 26.2 Å². The van der Waals surface area contributed by atoms with Crippen molar-refractivity contribution in [2.24, 2.45) is 0 Å². The van der Waals surface area contributed by atoms with E-state index in [1.807, 2.05) is 37.3 Å². The molecule has 2 amide bonds. The molecule has 0 spiro atoms. The molecular weight excluding hydrogens is 507 g/mol. The van der Waals surface area contributed by atoms with Gasteiger partial charge in [-0.1, -0.05) is 78.2 Å². The summed E-state index contributed by atoms with van der Waals surface area (Å²) in [5.74, 6) is -1.10. The van der Waals surface area contributed by atoms with Gasteiger partial charge in [0.2, 0.25) is 0 Å². The zero-order valence-electron chi connectivity index (χ0n) is 18.8. The molecule has 0 radical (unpaired) electrons. The predicted molar refractivity (Wildman–Crippen MR) is 140 cm³/mol. The third kappa shape index (κ3) is 5.90. The van der Waals surface area contributed by atoms with Crippen molar-refractivity contribution in [3.8, 4) is 0 Å². The summed E-state index contributed by atoms with van der Waals surface area (Å²) < 4.78 is 1.20. The van der Waals surface area contributed by atoms with Crippen molar-refractivity contribution < 1.29 is 9.59 Å². The number of benzene rings is 2. The predicted octanol–water partition coefficient (Wildman–Crippen LogP) is 5.24. The van der Waals surface area contributed by atoms with Crippen LogP contribution in [0.5, 0.6) is 0 Å². The summed E-state index contributed by atoms with van der Waals surface area (Å²) in [5, 5.41) is 6.25. The molecule has 0 aliphatic rings. The molecule has 2 N–H and O–H groups in total. The highest BCUT2D eigenvalue weighted by atomic mass is 35.5. The van der Waals surface area contributed by atoms with Crippen LogP contribution in [0.4, 0.5) is 5.69 Å². The number of hydrogen-bond acceptors (Lipinski definition) is 5. The first-order valence-electron chi connectivity index (χ1n) is 11.0. The number of nitrogens with zero attached hydrogens (tertiary/aromatic N) is 2. The number of amides is 2. The number of carbonyl (C=O) groups excluding carboxylic acids is 2. The third-order valence-corrected chi connectivity index (χ3v) is 6.64. The topological polar surface area (TPSA) is 92.6 Å². The lowest BCUT2D eigenvalue weighted by Crippen LogP contribution is -2.31. The molecule has 7 nitrogen and oxygen atoms in total. The number of anilines is 1. The summed E-state index contributed by atoms with van der Waals surface area (Å²) in [4.78, 5) is 44.3. The number of aromatic nitrogens is 2. The van der Waals surface area contributed by atoms with E-state index in [1.165, 1.54) is 10.5 Å². The fourth-order valence-electron chi connectivity index (χ4n) is 3.63. The van der Waals surface area contributed by atoms with E-state index in [4.69, 9.17) is 23.2 Å². The Morgan fingerprint density at radius 1 is 1.00 bits per heavy atom. The van der Waals surface area contributed by atoms with E-state index in [0.717, 1.165) is 23.3 Å². The molecule has 0 unspecified atom stereocenters. The van der Waals surface area contributed by atoms with Gasteiger partial charge in [-0.2, -0.15) is 0 Å². The lowest BCUT2D eigenvalue weighted by molar-refractivity contribution is 0.0936. The Labute approximate surface area is 215 Å². The standard InChI is InChI=1S/C25H22Cl2N4O3S/c1-2-6-18-14-20(32)31-21(23(33)28-10-9-15-7-4-3-5-8-15)22(35-25(31)30-18)24(34)29-19-12-16(26)11-17(27)13-19/h3-5,7-8,11-14H,2,6,9-10H2,1H3,(H,28,33)(H,29,34). The summed E-state index contributed by atoms with van der Waals surface area (Å²) in [7, 11) is 0. The number of hydrogen-bond donors (Lipinski definition) is 2. The molecule has 0 aliphatic heterocycles. The van der Waals surface area contributed by atoms with Gasteiger partial charge in [0.1, 0.15) is 10.6 Å². The van der Waals surface area contributed by atoms with Crippen molar-refractivity contribution >= 4 is 57.0 Å². The molecule has 180 valence electrons. The molecular formula is C25H22Cl2N4O3S. The van der Waals surface area contributed by atoms with Crippen LogP contribution in [0.25, 0.3) is 4.96 Å². The summed E-state index contributed by atoms with van der Waals surface area (Å²) in [6.45, 7) is 2.32. The van der Waals surface area contributed by atoms with Crippen LogP contribution in [0.3, 0.4) is 0 Å². The highest BCUT2D eigenvalue weighted by Crippen LogP contribution is 2.26. The minimum atomic E-state index is -0.566. The van der Waals surface area contributed by atoms with Gasteiger partial charge in [-0.25, -0.2) is 9.38 Å². The zero-order valence-corrected chi connectivity index (χ0v) is 21.1. The Morgan fingerprint density at radius 3 is 2.40 bits per heavy atom. The molecule has 10 heteroatoms. The van der Waals surface area contributed by atoms with Crippen LogP contribution in [-0.2, 0) is 12.8 Å². The number of carbonyl (C=O) groups is 2. The first-order chi connectivity index (χ1) is 16.9. The minimum Gasteiger partial charge on any atom is -0.350 e. The molecule has 2 aromatic heterocycles. The number of halogens is 2. The summed E-state index contributed by atoms with van der Waals surface area (Å²) in [6.07, 6.45) is 2.03. The van der Waals surface area contributed by atoms with Crippen LogP contribution >= 0.6 is 34.5 Å². The third-order valence-electron chi connectivity index (χ3n) is 5.16. The van der Waals surface area contributed by atoms with E-state index in [9.17, 15) is 14.4 Å². The fourth-order valence-corrected chi connectivity index (χ4v) is 5.20. The average molecular weight is 529 g/mol. The average Bonchev–Trinajstić information content (AvgIpc) is 3.20. The van der Waals surface area contributed by atoms with Crippen LogP contribution in [-0.4, -0.2) is 27.7 Å². The molecule has 2 aromatic carbocycles. The van der Waals surface area contributed by atoms with Crippen LogP contribution < -0.4 is 16.2 Å². The van der Waals surface area contributed by atoms with Gasteiger partial charge in [-0.3, -0.25) is 14.4 Å². The Morgan fingerprint density at radius 2 is 1.71 bits per heavy atom. The van der Waals surface area contributed by atoms with Gasteiger partial charge in [0.25, 0.3) is 17.4 Å². The van der Waals surface area contributed by atoms with Gasteiger partial charge in [0.15, 0.2) is 4.96 Å². The van der Waals surface area contributed by atoms with Crippen molar-refractivity contribution in [2.75, 3.05) is 11.9 Å². The van der Waals surface area contributed by atoms with E-state index < -0.39 is 17.4 Å². The quantitative estimate of drug-likeness (QED) is 0.327. The first-order valence-corrected chi connectivity index (χ1v) is 12.6. The second-order valence-electron chi connectivity index (χ2n) is 7.84. The number of nitrogens with one attached hydrogen (secondary N) is 2. The normalized spacial score (nSPS) is 10.9. The number of fused-ring (bicyclic) bond motifs is 1. The van der Waals surface area contributed by atoms with Gasteiger partial charge in [-0.05, 0) is 36.6 Å². The first kappa shape index (κ1) is 24.9. The molecule has 0 saturated heterocycles. The van der Waals surface area contributed by atoms with E-state index >= 15 is 0 Å². The lowest BCUT2D eigenvalue weighted by Gasteiger charge is -2.09. The maximum atomic E-state index is 13.2. The molecule has 0 saturated carbocycles. The van der Waals surface area contributed by atoms with E-state index in [-0.39, 0.29) is 15.5 Å². The highest BCUT2D eigenvalue weighted by Gasteiger charge is 2.26. The Kier molecular flexibility index (Phi) is 7.85. The number of thiazole rings is 1. The van der Waals surface area contributed by atoms with E-state index in [0.29, 0.717) is 40.8 Å². The van der Waals surface area contributed by atoms with Crippen LogP contribution in [0.1, 0.15) is 44.8 Å². The molecule has 0 aliphatic carbocycles. The largest absolute Gasteiger partial charge is 0.350 e. The molecule has 0 fully saturated rings. The van der Waals surface area contributed by atoms with Crippen molar-refractivity contribution in [3.05, 3.63) is 96.8 Å². The van der Waals surface area contributed by atoms with Gasteiger partial charge in [0.05, 0.1) is 0 Å². The Balaban J connectivity index is 1.69. The SMILES string of the molecule is CCCc1cc(=O)n2c(C(=O)NCCc3ccccc3)c(C(=O)Nc3cc(Cl)cc(Cl)c3)sc2n1. The maximum absolute atomic E-state index is 13.2. The second-order valence-corrected chi connectivity index (χ2v) is 9.69. The summed E-state index contributed by atoms with van der Waals surface area (Å²) in [5.41, 5.74) is 1.58. The van der Waals surface area contributed by atoms with Gasteiger partial charge in [0, 0.05) is 34.0 Å². The Bertz CT molecular complexity index is 1430. The molecule has 2 heterocycles. The van der Waals surface area contributed by atoms with Gasteiger partial charge >= 0.3 is 0 Å². The number of rotatable bonds is 8. The molecule has 35 heavy (non-hydrogen) atoms. The lowest BCUT2D eigenvalue weighted by atomic mass is 10.1. The van der Waals surface area contributed by atoms with E-state index in [2.05, 4.69) is 15.6 Å². The summed E-state index contributed by atoms with van der Waals surface area (Å²) >= 11 is 13.1. The van der Waals surface area contributed by atoms with Crippen molar-refractivity contribution in [1.29, 1.82) is 0 Å². The Hall–Kier alpha value is -3.20. The minimum absolute atomic E-state index is 0.0516. The van der Waals surface area contributed by atoms with Gasteiger partial charge < -0.3 is 10.6 Å². The maximum Gasteiger partial charge on any atom is 0.270 e. The van der Waals surface area contributed by atoms with Crippen LogP contribution in [0.15, 0.2) is 59.4 Å². The van der Waals surface area contributed by atoms with Crippen LogP contribution in [0.2, 0.25) is 10.0 Å².